The Morgan fingerprint density at radius 3 is 2.39 bits per heavy atom. The summed E-state index contributed by atoms with van der Waals surface area (Å²) in [4.78, 5) is 24.9. The highest BCUT2D eigenvalue weighted by atomic mass is 19.4. The van der Waals surface area contributed by atoms with Crippen molar-refractivity contribution >= 4 is 12.0 Å². The number of ether oxygens (including phenoxy) is 1. The third-order valence-corrected chi connectivity index (χ3v) is 4.75. The Morgan fingerprint density at radius 1 is 1.32 bits per heavy atom. The van der Waals surface area contributed by atoms with E-state index in [1.54, 1.807) is 4.68 Å². The normalized spacial score (nSPS) is 23.2. The second-order valence-electron chi connectivity index (χ2n) is 6.63. The van der Waals surface area contributed by atoms with Crippen LogP contribution in [0.25, 0.3) is 0 Å². The Hall–Kier alpha value is -2.34. The van der Waals surface area contributed by atoms with Gasteiger partial charge in [-0.05, 0) is 18.4 Å². The summed E-state index contributed by atoms with van der Waals surface area (Å²) in [6, 6.07) is 0.172. The van der Waals surface area contributed by atoms with Gasteiger partial charge >= 0.3 is 18.2 Å². The number of morpholine rings is 1. The molecule has 1 aromatic heterocycles. The van der Waals surface area contributed by atoms with Crippen LogP contribution < -0.4 is 5.73 Å². The topological polar surface area (TPSA) is 114 Å². The molecule has 0 spiro atoms. The van der Waals surface area contributed by atoms with E-state index in [9.17, 15) is 18.0 Å². The first-order valence-electron chi connectivity index (χ1n) is 8.75. The van der Waals surface area contributed by atoms with Crippen molar-refractivity contribution in [3.8, 4) is 0 Å². The van der Waals surface area contributed by atoms with Crippen LogP contribution in [0.15, 0.2) is 12.4 Å². The van der Waals surface area contributed by atoms with Crippen molar-refractivity contribution in [3.63, 3.8) is 0 Å². The van der Waals surface area contributed by atoms with Gasteiger partial charge in [-0.15, -0.1) is 0 Å². The number of aromatic nitrogens is 2. The van der Waals surface area contributed by atoms with Gasteiger partial charge in [0.15, 0.2) is 0 Å². The zero-order valence-corrected chi connectivity index (χ0v) is 15.4. The van der Waals surface area contributed by atoms with E-state index < -0.39 is 12.1 Å². The molecular formula is C16H24F3N5O4. The van der Waals surface area contributed by atoms with Gasteiger partial charge in [-0.25, -0.2) is 9.59 Å². The smallest absolute Gasteiger partial charge is 0.475 e. The molecule has 158 valence electrons. The molecule has 2 fully saturated rings. The number of amides is 2. The molecule has 1 aromatic rings. The molecule has 3 N–H and O–H groups in total. The molecule has 28 heavy (non-hydrogen) atoms. The summed E-state index contributed by atoms with van der Waals surface area (Å²) in [6.07, 6.45) is 0.578. The monoisotopic (exact) mass is 407 g/mol. The van der Waals surface area contributed by atoms with Crippen LogP contribution >= 0.6 is 0 Å². The number of hydrogen-bond donors (Lipinski definition) is 2. The number of aliphatic carboxylic acids is 1. The molecule has 0 saturated carbocycles. The summed E-state index contributed by atoms with van der Waals surface area (Å²) in [6.45, 7) is 4.14. The first-order chi connectivity index (χ1) is 13.1. The first kappa shape index (κ1) is 22.0. The zero-order chi connectivity index (χ0) is 20.9. The van der Waals surface area contributed by atoms with Crippen molar-refractivity contribution in [2.75, 3.05) is 32.8 Å². The van der Waals surface area contributed by atoms with Gasteiger partial charge in [-0.1, -0.05) is 0 Å². The highest BCUT2D eigenvalue weighted by Gasteiger charge is 2.40. The molecule has 2 saturated heterocycles. The molecule has 2 atom stereocenters. The lowest BCUT2D eigenvalue weighted by Gasteiger charge is -2.36. The molecule has 0 aliphatic carbocycles. The number of carboxylic acid groups (broad SMARTS) is 1. The van der Waals surface area contributed by atoms with Crippen LogP contribution in [-0.2, 0) is 23.0 Å². The lowest BCUT2D eigenvalue weighted by Crippen LogP contribution is -2.52. The number of carboxylic acids is 1. The quantitative estimate of drug-likeness (QED) is 0.752. The van der Waals surface area contributed by atoms with E-state index in [4.69, 9.17) is 20.4 Å². The summed E-state index contributed by atoms with van der Waals surface area (Å²) in [5.74, 6) is -2.76. The second kappa shape index (κ2) is 9.24. The van der Waals surface area contributed by atoms with E-state index in [-0.39, 0.29) is 12.1 Å². The van der Waals surface area contributed by atoms with Crippen LogP contribution in [0, 0.1) is 0 Å². The van der Waals surface area contributed by atoms with Gasteiger partial charge in [0, 0.05) is 38.9 Å². The Kier molecular flexibility index (Phi) is 7.24. The molecule has 2 aliphatic rings. The molecule has 0 aromatic carbocycles. The SMILES string of the molecule is Cn1cc(C[C@H]2[C@H](N3CCOCC3)CCN2C(N)=O)cn1.O=C(O)C(F)(F)F. The number of hydrogen-bond acceptors (Lipinski definition) is 5. The van der Waals surface area contributed by atoms with Gasteiger partial charge in [0.05, 0.1) is 25.5 Å². The highest BCUT2D eigenvalue weighted by Crippen LogP contribution is 2.26. The van der Waals surface area contributed by atoms with Crippen molar-refractivity contribution in [1.29, 1.82) is 0 Å². The molecule has 3 heterocycles. The number of carbonyl (C=O) groups is 2. The lowest BCUT2D eigenvalue weighted by atomic mass is 10.0. The van der Waals surface area contributed by atoms with Gasteiger partial charge in [0.2, 0.25) is 0 Å². The Labute approximate surface area is 159 Å². The Morgan fingerprint density at radius 2 is 1.93 bits per heavy atom. The fourth-order valence-electron chi connectivity index (χ4n) is 3.51. The van der Waals surface area contributed by atoms with Gasteiger partial charge in [-0.2, -0.15) is 18.3 Å². The predicted molar refractivity (Wildman–Crippen MR) is 91.5 cm³/mol. The summed E-state index contributed by atoms with van der Waals surface area (Å²) in [5, 5.41) is 11.3. The van der Waals surface area contributed by atoms with E-state index in [0.717, 1.165) is 51.3 Å². The van der Waals surface area contributed by atoms with Crippen LogP contribution in [0.1, 0.15) is 12.0 Å². The summed E-state index contributed by atoms with van der Waals surface area (Å²) in [5.41, 5.74) is 6.71. The minimum absolute atomic E-state index is 0.129. The van der Waals surface area contributed by atoms with Crippen molar-refractivity contribution in [2.45, 2.75) is 31.1 Å². The fourth-order valence-corrected chi connectivity index (χ4v) is 3.51. The molecule has 0 radical (unpaired) electrons. The van der Waals surface area contributed by atoms with E-state index >= 15 is 0 Å². The summed E-state index contributed by atoms with van der Waals surface area (Å²) >= 11 is 0. The molecule has 0 bridgehead atoms. The van der Waals surface area contributed by atoms with Crippen LogP contribution in [0.4, 0.5) is 18.0 Å². The zero-order valence-electron chi connectivity index (χ0n) is 15.4. The van der Waals surface area contributed by atoms with Crippen LogP contribution in [-0.4, -0.2) is 87.8 Å². The number of aryl methyl sites for hydroxylation is 1. The van der Waals surface area contributed by atoms with E-state index in [1.165, 1.54) is 0 Å². The van der Waals surface area contributed by atoms with Crippen LogP contribution in [0.3, 0.4) is 0 Å². The van der Waals surface area contributed by atoms with Crippen LogP contribution in [0.5, 0.6) is 0 Å². The lowest BCUT2D eigenvalue weighted by molar-refractivity contribution is -0.192. The van der Waals surface area contributed by atoms with E-state index in [1.807, 2.05) is 24.3 Å². The molecular weight excluding hydrogens is 383 g/mol. The van der Waals surface area contributed by atoms with Crippen molar-refractivity contribution in [1.82, 2.24) is 19.6 Å². The summed E-state index contributed by atoms with van der Waals surface area (Å²) in [7, 11) is 1.91. The number of halogens is 3. The minimum Gasteiger partial charge on any atom is -0.475 e. The number of alkyl halides is 3. The Bertz CT molecular complexity index is 675. The van der Waals surface area contributed by atoms with Crippen LogP contribution in [0.2, 0.25) is 0 Å². The van der Waals surface area contributed by atoms with E-state index in [2.05, 4.69) is 10.00 Å². The maximum absolute atomic E-state index is 11.7. The second-order valence-corrected chi connectivity index (χ2v) is 6.63. The van der Waals surface area contributed by atoms with Crippen molar-refractivity contribution in [2.24, 2.45) is 12.8 Å². The first-order valence-corrected chi connectivity index (χ1v) is 8.75. The maximum atomic E-state index is 11.7. The molecule has 12 heteroatoms. The molecule has 9 nitrogen and oxygen atoms in total. The maximum Gasteiger partial charge on any atom is 0.490 e. The number of carbonyl (C=O) groups excluding carboxylic acids is 1. The van der Waals surface area contributed by atoms with Gasteiger partial charge in [0.25, 0.3) is 0 Å². The minimum atomic E-state index is -5.08. The average Bonchev–Trinajstić information content (AvgIpc) is 3.22. The predicted octanol–water partition coefficient (Wildman–Crippen LogP) is 0.450. The number of primary amides is 1. The number of rotatable bonds is 3. The number of likely N-dealkylation sites (tertiary alicyclic amines) is 1. The highest BCUT2D eigenvalue weighted by molar-refractivity contribution is 5.73. The van der Waals surface area contributed by atoms with E-state index in [0.29, 0.717) is 6.04 Å². The van der Waals surface area contributed by atoms with Crippen molar-refractivity contribution < 1.29 is 32.6 Å². The fraction of sp³-hybridized carbons (Fsp3) is 0.688. The number of nitrogens with two attached hydrogens (primary N) is 1. The third-order valence-electron chi connectivity index (χ3n) is 4.75. The Balaban J connectivity index is 0.000000345. The molecule has 2 aliphatic heterocycles. The van der Waals surface area contributed by atoms with Gasteiger partial charge < -0.3 is 20.5 Å². The largest absolute Gasteiger partial charge is 0.490 e. The average molecular weight is 407 g/mol. The molecule has 0 unspecified atom stereocenters. The number of nitrogens with zero attached hydrogens (tertiary/aromatic N) is 4. The third kappa shape index (κ3) is 5.83. The molecule has 3 rings (SSSR count). The number of urea groups is 1. The summed E-state index contributed by atoms with van der Waals surface area (Å²) < 4.78 is 39.0. The van der Waals surface area contributed by atoms with Gasteiger partial charge in [0.1, 0.15) is 0 Å². The van der Waals surface area contributed by atoms with Crippen molar-refractivity contribution in [3.05, 3.63) is 18.0 Å². The molecule has 2 amide bonds. The standard InChI is InChI=1S/C14H23N5O2.C2HF3O2/c1-17-10-11(9-16-17)8-13-12(2-3-19(13)14(15)20)18-4-6-21-7-5-18;3-2(4,5)1(6)7/h9-10,12-13H,2-8H2,1H3,(H2,15,20);(H,6,7)/t12-,13+;/m1./s1. The van der Waals surface area contributed by atoms with Gasteiger partial charge in [-0.3, -0.25) is 9.58 Å².